The van der Waals surface area contributed by atoms with Crippen molar-refractivity contribution < 1.29 is 23.6 Å². The Balaban J connectivity index is 2.11. The van der Waals surface area contributed by atoms with E-state index < -0.39 is 11.9 Å². The van der Waals surface area contributed by atoms with Gasteiger partial charge in [0.05, 0.1) is 12.0 Å². The Labute approximate surface area is 132 Å². The predicted octanol–water partition coefficient (Wildman–Crippen LogP) is 3.07. The fourth-order valence-electron chi connectivity index (χ4n) is 1.64. The number of amides is 1. The number of ether oxygens (including phenoxy) is 1. The molecule has 116 valence electrons. The molecule has 0 atom stereocenters. The second-order valence-corrected chi connectivity index (χ2v) is 4.66. The van der Waals surface area contributed by atoms with Crippen LogP contribution < -0.4 is 5.06 Å². The van der Waals surface area contributed by atoms with Crippen LogP contribution >= 0.6 is 11.6 Å². The third-order valence-corrected chi connectivity index (χ3v) is 2.84. The van der Waals surface area contributed by atoms with Crippen molar-refractivity contribution in [3.05, 3.63) is 53.4 Å². The number of carbonyl (C=O) groups is 2. The van der Waals surface area contributed by atoms with Crippen LogP contribution in [-0.4, -0.2) is 25.1 Å². The van der Waals surface area contributed by atoms with E-state index in [0.717, 1.165) is 5.06 Å². The highest BCUT2D eigenvalue weighted by molar-refractivity contribution is 6.30. The van der Waals surface area contributed by atoms with Gasteiger partial charge >= 0.3 is 11.9 Å². The van der Waals surface area contributed by atoms with Gasteiger partial charge in [0, 0.05) is 11.9 Å². The number of esters is 1. The molecule has 2 aromatic rings. The SMILES string of the molecule is CC(=O)OCCON(C(=O)c1ccco1)c1ccc(Cl)cc1. The van der Waals surface area contributed by atoms with Gasteiger partial charge in [0.15, 0.2) is 5.76 Å². The van der Waals surface area contributed by atoms with E-state index in [2.05, 4.69) is 0 Å². The van der Waals surface area contributed by atoms with Gasteiger partial charge in [0.1, 0.15) is 13.2 Å². The topological polar surface area (TPSA) is 69.0 Å². The van der Waals surface area contributed by atoms with Gasteiger partial charge in [0.25, 0.3) is 0 Å². The second-order valence-electron chi connectivity index (χ2n) is 4.23. The van der Waals surface area contributed by atoms with Crippen LogP contribution in [0.15, 0.2) is 47.1 Å². The van der Waals surface area contributed by atoms with Crippen LogP contribution in [0.25, 0.3) is 0 Å². The van der Waals surface area contributed by atoms with Crippen LogP contribution in [-0.2, 0) is 14.4 Å². The molecular weight excluding hydrogens is 310 g/mol. The van der Waals surface area contributed by atoms with E-state index in [4.69, 9.17) is 25.6 Å². The number of anilines is 1. The molecule has 0 saturated carbocycles. The van der Waals surface area contributed by atoms with Crippen LogP contribution in [0.3, 0.4) is 0 Å². The van der Waals surface area contributed by atoms with Crippen molar-refractivity contribution >= 4 is 29.2 Å². The lowest BCUT2D eigenvalue weighted by Crippen LogP contribution is -2.32. The lowest BCUT2D eigenvalue weighted by Gasteiger charge is -2.20. The van der Waals surface area contributed by atoms with Crippen molar-refractivity contribution in [3.8, 4) is 0 Å². The van der Waals surface area contributed by atoms with Gasteiger partial charge < -0.3 is 9.15 Å². The lowest BCUT2D eigenvalue weighted by molar-refractivity contribution is -0.142. The highest BCUT2D eigenvalue weighted by Gasteiger charge is 2.21. The van der Waals surface area contributed by atoms with Crippen LogP contribution in [0.2, 0.25) is 5.02 Å². The number of halogens is 1. The first kappa shape index (κ1) is 16.1. The molecule has 2 rings (SSSR count). The smallest absolute Gasteiger partial charge is 0.317 e. The fourth-order valence-corrected chi connectivity index (χ4v) is 1.77. The van der Waals surface area contributed by atoms with E-state index in [9.17, 15) is 9.59 Å². The van der Waals surface area contributed by atoms with Crippen LogP contribution in [0.1, 0.15) is 17.5 Å². The van der Waals surface area contributed by atoms with Gasteiger partial charge in [0.2, 0.25) is 0 Å². The number of hydroxylamine groups is 1. The molecule has 0 aliphatic carbocycles. The normalized spacial score (nSPS) is 10.3. The molecule has 6 nitrogen and oxygen atoms in total. The first-order valence-electron chi connectivity index (χ1n) is 6.48. The third kappa shape index (κ3) is 4.34. The third-order valence-electron chi connectivity index (χ3n) is 2.59. The summed E-state index contributed by atoms with van der Waals surface area (Å²) in [7, 11) is 0. The summed E-state index contributed by atoms with van der Waals surface area (Å²) >= 11 is 5.84. The predicted molar refractivity (Wildman–Crippen MR) is 79.6 cm³/mol. The maximum atomic E-state index is 12.4. The van der Waals surface area contributed by atoms with Crippen molar-refractivity contribution in [3.63, 3.8) is 0 Å². The molecule has 1 aromatic heterocycles. The van der Waals surface area contributed by atoms with Crippen LogP contribution in [0, 0.1) is 0 Å². The standard InChI is InChI=1S/C15H14ClNO5/c1-11(18)20-9-10-22-17(13-6-4-12(16)5-7-13)15(19)14-3-2-8-21-14/h2-8H,9-10H2,1H3. The van der Waals surface area contributed by atoms with E-state index in [-0.39, 0.29) is 19.0 Å². The van der Waals surface area contributed by atoms with Crippen LogP contribution in [0.4, 0.5) is 5.69 Å². The van der Waals surface area contributed by atoms with Gasteiger partial charge in [-0.05, 0) is 36.4 Å². The Morgan fingerprint density at radius 3 is 2.50 bits per heavy atom. The molecule has 0 spiro atoms. The molecule has 0 N–H and O–H groups in total. The molecule has 1 amide bonds. The molecular formula is C15H14ClNO5. The van der Waals surface area contributed by atoms with E-state index in [1.165, 1.54) is 19.3 Å². The number of benzene rings is 1. The minimum atomic E-state index is -0.477. The maximum Gasteiger partial charge on any atom is 0.317 e. The first-order valence-corrected chi connectivity index (χ1v) is 6.85. The Bertz CT molecular complexity index is 624. The lowest BCUT2D eigenvalue weighted by atomic mass is 10.3. The Kier molecular flexibility index (Phi) is 5.57. The van der Waals surface area contributed by atoms with E-state index in [0.29, 0.717) is 10.7 Å². The molecule has 0 radical (unpaired) electrons. The maximum absolute atomic E-state index is 12.4. The van der Waals surface area contributed by atoms with Crippen molar-refractivity contribution in [1.29, 1.82) is 0 Å². The quantitative estimate of drug-likeness (QED) is 0.464. The number of hydrogen-bond donors (Lipinski definition) is 0. The molecule has 0 aliphatic heterocycles. The Morgan fingerprint density at radius 1 is 1.18 bits per heavy atom. The summed E-state index contributed by atoms with van der Waals surface area (Å²) in [5, 5.41) is 1.60. The summed E-state index contributed by atoms with van der Waals surface area (Å²) < 4.78 is 9.85. The fraction of sp³-hybridized carbons (Fsp3) is 0.200. The average Bonchev–Trinajstić information content (AvgIpc) is 3.02. The molecule has 7 heteroatoms. The molecule has 0 bridgehead atoms. The Hall–Kier alpha value is -2.31. The number of carbonyl (C=O) groups excluding carboxylic acids is 2. The minimum absolute atomic E-state index is 0.0225. The van der Waals surface area contributed by atoms with Gasteiger partial charge in [-0.2, -0.15) is 5.06 Å². The van der Waals surface area contributed by atoms with Gasteiger partial charge in [-0.15, -0.1) is 0 Å². The van der Waals surface area contributed by atoms with Gasteiger partial charge in [-0.25, -0.2) is 0 Å². The molecule has 0 fully saturated rings. The zero-order valence-corrected chi connectivity index (χ0v) is 12.6. The second kappa shape index (κ2) is 7.63. The Morgan fingerprint density at radius 2 is 1.91 bits per heavy atom. The summed E-state index contributed by atoms with van der Waals surface area (Å²) in [6.45, 7) is 1.35. The molecule has 0 saturated heterocycles. The summed E-state index contributed by atoms with van der Waals surface area (Å²) in [5.74, 6) is -0.767. The molecule has 1 heterocycles. The monoisotopic (exact) mass is 323 g/mol. The summed E-state index contributed by atoms with van der Waals surface area (Å²) in [4.78, 5) is 28.5. The molecule has 22 heavy (non-hydrogen) atoms. The average molecular weight is 324 g/mol. The van der Waals surface area contributed by atoms with Crippen molar-refractivity contribution in [2.75, 3.05) is 18.3 Å². The summed E-state index contributed by atoms with van der Waals surface area (Å²) in [6, 6.07) is 9.67. The van der Waals surface area contributed by atoms with Crippen LogP contribution in [0.5, 0.6) is 0 Å². The highest BCUT2D eigenvalue weighted by Crippen LogP contribution is 2.20. The van der Waals surface area contributed by atoms with Crippen molar-refractivity contribution in [2.45, 2.75) is 6.92 Å². The van der Waals surface area contributed by atoms with Gasteiger partial charge in [-0.1, -0.05) is 11.6 Å². The van der Waals surface area contributed by atoms with E-state index in [1.807, 2.05) is 0 Å². The largest absolute Gasteiger partial charge is 0.463 e. The van der Waals surface area contributed by atoms with E-state index in [1.54, 1.807) is 30.3 Å². The van der Waals surface area contributed by atoms with Crippen molar-refractivity contribution in [2.24, 2.45) is 0 Å². The summed E-state index contributed by atoms with van der Waals surface area (Å²) in [6.07, 6.45) is 1.39. The number of nitrogens with zero attached hydrogens (tertiary/aromatic N) is 1. The number of furan rings is 1. The molecule has 0 unspecified atom stereocenters. The van der Waals surface area contributed by atoms with Gasteiger partial charge in [-0.3, -0.25) is 14.4 Å². The first-order chi connectivity index (χ1) is 10.6. The summed E-state index contributed by atoms with van der Waals surface area (Å²) in [5.41, 5.74) is 0.480. The molecule has 0 aliphatic rings. The zero-order chi connectivity index (χ0) is 15.9. The molecule has 1 aromatic carbocycles. The number of hydrogen-bond acceptors (Lipinski definition) is 5. The number of rotatable bonds is 6. The van der Waals surface area contributed by atoms with Crippen molar-refractivity contribution in [1.82, 2.24) is 0 Å². The zero-order valence-electron chi connectivity index (χ0n) is 11.8. The van der Waals surface area contributed by atoms with E-state index >= 15 is 0 Å². The minimum Gasteiger partial charge on any atom is -0.463 e. The highest BCUT2D eigenvalue weighted by atomic mass is 35.5.